The van der Waals surface area contributed by atoms with Gasteiger partial charge in [-0.1, -0.05) is 61.0 Å². The molecular weight excluding hydrogens is 499 g/mol. The zero-order valence-electron chi connectivity index (χ0n) is 21.4. The maximum absolute atomic E-state index is 13.6. The van der Waals surface area contributed by atoms with Gasteiger partial charge in [0.2, 0.25) is 5.91 Å². The van der Waals surface area contributed by atoms with E-state index in [4.69, 9.17) is 11.6 Å². The first-order valence-electron chi connectivity index (χ1n) is 13.0. The van der Waals surface area contributed by atoms with E-state index >= 15 is 0 Å². The van der Waals surface area contributed by atoms with Gasteiger partial charge in [0.15, 0.2) is 0 Å². The average molecular weight is 529 g/mol. The Morgan fingerprint density at radius 1 is 1.00 bits per heavy atom. The monoisotopic (exact) mass is 528 g/mol. The number of aromatic nitrogens is 1. The van der Waals surface area contributed by atoms with Gasteiger partial charge in [-0.05, 0) is 47.5 Å². The lowest BCUT2D eigenvalue weighted by Gasteiger charge is -2.35. The topological polar surface area (TPSA) is 52.3 Å². The molecule has 0 bridgehead atoms. The van der Waals surface area contributed by atoms with Gasteiger partial charge in [-0.3, -0.25) is 4.79 Å². The fraction of sp³-hybridized carbons (Fsp3) is 0.290. The predicted octanol–water partition coefficient (Wildman–Crippen LogP) is 6.04. The van der Waals surface area contributed by atoms with Crippen LogP contribution in [0.15, 0.2) is 72.9 Å². The number of rotatable bonds is 7. The standard InChI is InChI=1S/C31H30ClFN4O/c1-2-35-14-16-36(17-15-35)30(38)18-27(26-8-5-6-23(19-34)31(26)32)28-21-37(29-9-4-3-7-25(28)29)20-22-10-12-24(33)13-11-22/h3-13,21,27H,2,14-18,20H2,1H3/t27-/m1/s1. The molecule has 1 saturated heterocycles. The third-order valence-corrected chi connectivity index (χ3v) is 7.96. The number of likely N-dealkylation sites (N-methyl/N-ethyl adjacent to an activating group) is 1. The summed E-state index contributed by atoms with van der Waals surface area (Å²) in [6.07, 6.45) is 2.33. The van der Waals surface area contributed by atoms with E-state index in [1.54, 1.807) is 18.2 Å². The van der Waals surface area contributed by atoms with E-state index in [0.717, 1.165) is 47.2 Å². The van der Waals surface area contributed by atoms with Gasteiger partial charge >= 0.3 is 0 Å². The zero-order valence-corrected chi connectivity index (χ0v) is 22.2. The number of hydrogen-bond acceptors (Lipinski definition) is 3. The van der Waals surface area contributed by atoms with E-state index in [0.29, 0.717) is 30.2 Å². The van der Waals surface area contributed by atoms with E-state index in [2.05, 4.69) is 40.8 Å². The van der Waals surface area contributed by atoms with Crippen molar-refractivity contribution in [2.75, 3.05) is 32.7 Å². The summed E-state index contributed by atoms with van der Waals surface area (Å²) >= 11 is 6.77. The Morgan fingerprint density at radius 2 is 1.74 bits per heavy atom. The van der Waals surface area contributed by atoms with E-state index in [9.17, 15) is 14.4 Å². The molecule has 5 nitrogen and oxygen atoms in total. The zero-order chi connectivity index (χ0) is 26.6. The molecular formula is C31H30ClFN4O. The molecule has 194 valence electrons. The molecule has 7 heteroatoms. The Labute approximate surface area is 227 Å². The largest absolute Gasteiger partial charge is 0.343 e. The van der Waals surface area contributed by atoms with Gasteiger partial charge in [-0.2, -0.15) is 5.26 Å². The molecule has 1 aromatic heterocycles. The number of fused-ring (bicyclic) bond motifs is 1. The third-order valence-electron chi connectivity index (χ3n) is 7.54. The van der Waals surface area contributed by atoms with E-state index in [-0.39, 0.29) is 24.1 Å². The van der Waals surface area contributed by atoms with Crippen molar-refractivity contribution < 1.29 is 9.18 Å². The summed E-state index contributed by atoms with van der Waals surface area (Å²) in [5, 5.41) is 11.1. The predicted molar refractivity (Wildman–Crippen MR) is 149 cm³/mol. The van der Waals surface area contributed by atoms with Crippen LogP contribution in [0.3, 0.4) is 0 Å². The maximum atomic E-state index is 13.6. The number of carbonyl (C=O) groups excluding carboxylic acids is 1. The highest BCUT2D eigenvalue weighted by Crippen LogP contribution is 2.39. The minimum Gasteiger partial charge on any atom is -0.343 e. The second-order valence-electron chi connectivity index (χ2n) is 9.75. The van der Waals surface area contributed by atoms with Crippen molar-refractivity contribution >= 4 is 28.4 Å². The molecule has 38 heavy (non-hydrogen) atoms. The van der Waals surface area contributed by atoms with Crippen molar-refractivity contribution in [1.29, 1.82) is 5.26 Å². The van der Waals surface area contributed by atoms with Gasteiger partial charge in [-0.25, -0.2) is 4.39 Å². The molecule has 3 aromatic carbocycles. The summed E-state index contributed by atoms with van der Waals surface area (Å²) < 4.78 is 15.6. The van der Waals surface area contributed by atoms with Crippen LogP contribution in [0.25, 0.3) is 10.9 Å². The fourth-order valence-electron chi connectivity index (χ4n) is 5.38. The highest BCUT2D eigenvalue weighted by molar-refractivity contribution is 6.32. The quantitative estimate of drug-likeness (QED) is 0.294. The minimum atomic E-state index is -0.327. The lowest BCUT2D eigenvalue weighted by Crippen LogP contribution is -2.48. The number of hydrogen-bond donors (Lipinski definition) is 0. The normalized spacial score (nSPS) is 14.9. The minimum absolute atomic E-state index is 0.0829. The summed E-state index contributed by atoms with van der Waals surface area (Å²) in [4.78, 5) is 17.9. The fourth-order valence-corrected chi connectivity index (χ4v) is 5.68. The third kappa shape index (κ3) is 5.31. The summed E-state index contributed by atoms with van der Waals surface area (Å²) in [5.74, 6) is -0.511. The van der Waals surface area contributed by atoms with Crippen molar-refractivity contribution in [2.24, 2.45) is 0 Å². The van der Waals surface area contributed by atoms with Gasteiger partial charge in [0.05, 0.1) is 10.6 Å². The molecule has 2 heterocycles. The highest BCUT2D eigenvalue weighted by atomic mass is 35.5. The van der Waals surface area contributed by atoms with Crippen LogP contribution in [-0.4, -0.2) is 53.0 Å². The Morgan fingerprint density at radius 3 is 2.45 bits per heavy atom. The van der Waals surface area contributed by atoms with Crippen molar-refractivity contribution in [3.8, 4) is 6.07 Å². The van der Waals surface area contributed by atoms with Gasteiger partial charge in [-0.15, -0.1) is 0 Å². The number of halogens is 2. The van der Waals surface area contributed by atoms with Crippen molar-refractivity contribution in [3.05, 3.63) is 106 Å². The Hall–Kier alpha value is -3.66. The first kappa shape index (κ1) is 26.0. The number of piperazine rings is 1. The molecule has 4 aromatic rings. The van der Waals surface area contributed by atoms with Crippen LogP contribution in [0, 0.1) is 17.1 Å². The van der Waals surface area contributed by atoms with Crippen molar-refractivity contribution in [1.82, 2.24) is 14.4 Å². The molecule has 0 spiro atoms. The van der Waals surface area contributed by atoms with Crippen LogP contribution in [0.5, 0.6) is 0 Å². The van der Waals surface area contributed by atoms with Gasteiger partial charge in [0.25, 0.3) is 0 Å². The molecule has 1 aliphatic heterocycles. The Kier molecular flexibility index (Phi) is 7.78. The molecule has 1 amide bonds. The van der Waals surface area contributed by atoms with E-state index < -0.39 is 0 Å². The van der Waals surface area contributed by atoms with Crippen LogP contribution in [0.1, 0.15) is 41.5 Å². The second-order valence-corrected chi connectivity index (χ2v) is 10.1. The van der Waals surface area contributed by atoms with E-state index in [1.165, 1.54) is 12.1 Å². The molecule has 1 atom stereocenters. The smallest absolute Gasteiger partial charge is 0.223 e. The first-order chi connectivity index (χ1) is 18.5. The van der Waals surface area contributed by atoms with Crippen LogP contribution < -0.4 is 0 Å². The van der Waals surface area contributed by atoms with Crippen molar-refractivity contribution in [3.63, 3.8) is 0 Å². The summed E-state index contributed by atoms with van der Waals surface area (Å²) in [6, 6.07) is 22.2. The van der Waals surface area contributed by atoms with E-state index in [1.807, 2.05) is 29.2 Å². The molecule has 1 fully saturated rings. The molecule has 1 aliphatic rings. The molecule has 0 aliphatic carbocycles. The molecule has 5 rings (SSSR count). The Bertz CT molecular complexity index is 1480. The second kappa shape index (κ2) is 11.4. The number of benzene rings is 3. The van der Waals surface area contributed by atoms with Crippen LogP contribution in [0.2, 0.25) is 5.02 Å². The number of carbonyl (C=O) groups is 1. The Balaban J connectivity index is 1.56. The molecule has 0 saturated carbocycles. The number of nitriles is 1. The molecule has 0 unspecified atom stereocenters. The van der Waals surface area contributed by atoms with Gasteiger partial charge < -0.3 is 14.4 Å². The van der Waals surface area contributed by atoms with Gasteiger partial charge in [0.1, 0.15) is 11.9 Å². The number of para-hydroxylation sites is 1. The van der Waals surface area contributed by atoms with Gasteiger partial charge in [0, 0.05) is 62.2 Å². The lowest BCUT2D eigenvalue weighted by atomic mass is 9.87. The van der Waals surface area contributed by atoms with Crippen LogP contribution in [-0.2, 0) is 11.3 Å². The first-order valence-corrected chi connectivity index (χ1v) is 13.4. The van der Waals surface area contributed by atoms with Crippen molar-refractivity contribution in [2.45, 2.75) is 25.8 Å². The summed E-state index contributed by atoms with van der Waals surface area (Å²) in [5.41, 5.74) is 4.16. The number of nitrogens with zero attached hydrogens (tertiary/aromatic N) is 4. The number of amides is 1. The molecule has 0 radical (unpaired) electrons. The van der Waals surface area contributed by atoms with Crippen LogP contribution in [0.4, 0.5) is 4.39 Å². The highest BCUT2D eigenvalue weighted by Gasteiger charge is 2.29. The average Bonchev–Trinajstić information content (AvgIpc) is 3.31. The SMILES string of the molecule is CCN1CCN(C(=O)C[C@H](c2cccc(C#N)c2Cl)c2cn(Cc3ccc(F)cc3)c3ccccc23)CC1. The summed E-state index contributed by atoms with van der Waals surface area (Å²) in [7, 11) is 0. The maximum Gasteiger partial charge on any atom is 0.223 e. The van der Waals surface area contributed by atoms with Crippen LogP contribution >= 0.6 is 11.6 Å². The summed E-state index contributed by atoms with van der Waals surface area (Å²) in [6.45, 7) is 6.83. The molecule has 0 N–H and O–H groups in total. The lowest BCUT2D eigenvalue weighted by molar-refractivity contribution is -0.133.